The van der Waals surface area contributed by atoms with Crippen LogP contribution in [-0.4, -0.2) is 17.2 Å². The van der Waals surface area contributed by atoms with E-state index in [9.17, 15) is 9.59 Å². The molecule has 1 heterocycles. The second kappa shape index (κ2) is 4.38. The van der Waals surface area contributed by atoms with Crippen LogP contribution in [0.3, 0.4) is 0 Å². The Hall–Kier alpha value is -1.88. The number of rotatable bonds is 0. The summed E-state index contributed by atoms with van der Waals surface area (Å²) in [5, 5.41) is 5.33. The molecule has 0 aliphatic heterocycles. The van der Waals surface area contributed by atoms with Crippen molar-refractivity contribution in [2.75, 3.05) is 7.05 Å². The molecule has 0 spiro atoms. The predicted molar refractivity (Wildman–Crippen MR) is 55.3 cm³/mol. The molecule has 0 aliphatic rings. The summed E-state index contributed by atoms with van der Waals surface area (Å²) in [6.07, 6.45) is 0. The SMILES string of the molecule is CN.O=c1[nH][nH]c(=O)c2ccccc12. The summed E-state index contributed by atoms with van der Waals surface area (Å²) < 4.78 is 0. The normalized spacial score (nSPS) is 9.29. The lowest BCUT2D eigenvalue weighted by Crippen LogP contribution is -2.18. The highest BCUT2D eigenvalue weighted by atomic mass is 16.1. The number of nitrogens with two attached hydrogens (primary N) is 1. The molecule has 0 amide bonds. The fourth-order valence-corrected chi connectivity index (χ4v) is 1.13. The molecule has 1 aromatic carbocycles. The van der Waals surface area contributed by atoms with Gasteiger partial charge >= 0.3 is 0 Å². The predicted octanol–water partition coefficient (Wildman–Crippen LogP) is -0.209. The topological polar surface area (TPSA) is 91.7 Å². The van der Waals surface area contributed by atoms with Crippen LogP contribution in [0.2, 0.25) is 0 Å². The molecule has 0 aliphatic carbocycles. The number of aromatic amines is 2. The van der Waals surface area contributed by atoms with Crippen molar-refractivity contribution in [1.29, 1.82) is 0 Å². The van der Waals surface area contributed by atoms with Gasteiger partial charge < -0.3 is 5.73 Å². The lowest BCUT2D eigenvalue weighted by Gasteiger charge is -1.92. The molecule has 0 saturated heterocycles. The summed E-state index contributed by atoms with van der Waals surface area (Å²) in [6, 6.07) is 6.67. The molecule has 0 atom stereocenters. The number of aromatic nitrogens is 2. The zero-order valence-electron chi connectivity index (χ0n) is 7.70. The first kappa shape index (κ1) is 10.2. The maximum absolute atomic E-state index is 11.1. The lowest BCUT2D eigenvalue weighted by atomic mass is 10.2. The molecule has 5 heteroatoms. The van der Waals surface area contributed by atoms with Gasteiger partial charge in [0, 0.05) is 0 Å². The second-order valence-corrected chi connectivity index (χ2v) is 2.45. The number of hydrogen-bond donors (Lipinski definition) is 3. The first-order valence-electron chi connectivity index (χ1n) is 4.06. The van der Waals surface area contributed by atoms with Crippen molar-refractivity contribution in [3.63, 3.8) is 0 Å². The first-order chi connectivity index (χ1) is 6.79. The van der Waals surface area contributed by atoms with Crippen LogP contribution in [0.15, 0.2) is 33.9 Å². The third kappa shape index (κ3) is 1.72. The van der Waals surface area contributed by atoms with Crippen molar-refractivity contribution in [2.24, 2.45) is 5.73 Å². The molecular weight excluding hydrogens is 182 g/mol. The molecule has 0 radical (unpaired) electrons. The molecule has 4 N–H and O–H groups in total. The average molecular weight is 193 g/mol. The highest BCUT2D eigenvalue weighted by Gasteiger charge is 1.98. The van der Waals surface area contributed by atoms with Gasteiger partial charge in [-0.3, -0.25) is 19.8 Å². The van der Waals surface area contributed by atoms with Crippen molar-refractivity contribution in [3.8, 4) is 0 Å². The van der Waals surface area contributed by atoms with Crippen LogP contribution in [0.1, 0.15) is 0 Å². The second-order valence-electron chi connectivity index (χ2n) is 2.45. The minimum absolute atomic E-state index is 0.273. The Morgan fingerprint density at radius 1 is 0.929 bits per heavy atom. The largest absolute Gasteiger partial charge is 0.333 e. The fraction of sp³-hybridized carbons (Fsp3) is 0.111. The Bertz CT molecular complexity index is 479. The van der Waals surface area contributed by atoms with E-state index in [-0.39, 0.29) is 11.1 Å². The minimum Gasteiger partial charge on any atom is -0.333 e. The number of fused-ring (bicyclic) bond motifs is 1. The summed E-state index contributed by atoms with van der Waals surface area (Å²) in [4.78, 5) is 22.2. The highest BCUT2D eigenvalue weighted by molar-refractivity contribution is 5.79. The Balaban J connectivity index is 0.000000461. The van der Waals surface area contributed by atoms with E-state index in [1.54, 1.807) is 24.3 Å². The van der Waals surface area contributed by atoms with Gasteiger partial charge in [-0.2, -0.15) is 0 Å². The van der Waals surface area contributed by atoms with E-state index in [1.807, 2.05) is 0 Å². The molecule has 1 aromatic heterocycles. The van der Waals surface area contributed by atoms with Gasteiger partial charge in [-0.05, 0) is 19.2 Å². The lowest BCUT2D eigenvalue weighted by molar-refractivity contribution is 0.976. The summed E-state index contributed by atoms with van der Waals surface area (Å²) >= 11 is 0. The van der Waals surface area contributed by atoms with Gasteiger partial charge in [0.25, 0.3) is 11.1 Å². The van der Waals surface area contributed by atoms with Crippen LogP contribution in [0.25, 0.3) is 10.8 Å². The van der Waals surface area contributed by atoms with E-state index in [2.05, 4.69) is 15.9 Å². The molecule has 0 bridgehead atoms. The third-order valence-electron chi connectivity index (χ3n) is 1.71. The number of hydrogen-bond acceptors (Lipinski definition) is 3. The van der Waals surface area contributed by atoms with Crippen LogP contribution in [0, 0.1) is 0 Å². The van der Waals surface area contributed by atoms with Crippen LogP contribution >= 0.6 is 0 Å². The maximum Gasteiger partial charge on any atom is 0.270 e. The van der Waals surface area contributed by atoms with E-state index in [0.29, 0.717) is 10.8 Å². The number of H-pyrrole nitrogens is 2. The minimum atomic E-state index is -0.273. The van der Waals surface area contributed by atoms with E-state index < -0.39 is 0 Å². The number of nitrogens with one attached hydrogen (secondary N) is 2. The van der Waals surface area contributed by atoms with Crippen LogP contribution in [0.5, 0.6) is 0 Å². The smallest absolute Gasteiger partial charge is 0.270 e. The molecule has 74 valence electrons. The zero-order chi connectivity index (χ0) is 10.6. The van der Waals surface area contributed by atoms with Gasteiger partial charge in [0.1, 0.15) is 0 Å². The first-order valence-corrected chi connectivity index (χ1v) is 4.06. The van der Waals surface area contributed by atoms with Gasteiger partial charge in [0.05, 0.1) is 10.8 Å². The summed E-state index contributed by atoms with van der Waals surface area (Å²) in [7, 11) is 1.50. The standard InChI is InChI=1S/C8H6N2O2.CH5N/c11-7-5-3-1-2-4-6(5)8(12)10-9-7;1-2/h1-4H,(H,9,11)(H,10,12);2H2,1H3. The zero-order valence-corrected chi connectivity index (χ0v) is 7.70. The highest BCUT2D eigenvalue weighted by Crippen LogP contribution is 2.00. The fourth-order valence-electron chi connectivity index (χ4n) is 1.13. The molecule has 0 fully saturated rings. The van der Waals surface area contributed by atoms with Crippen molar-refractivity contribution < 1.29 is 0 Å². The summed E-state index contributed by atoms with van der Waals surface area (Å²) in [5.41, 5.74) is 3.95. The molecule has 0 unspecified atom stereocenters. The Morgan fingerprint density at radius 3 is 1.64 bits per heavy atom. The molecule has 14 heavy (non-hydrogen) atoms. The third-order valence-corrected chi connectivity index (χ3v) is 1.71. The molecule has 2 rings (SSSR count). The van der Waals surface area contributed by atoms with Gasteiger partial charge in [0.15, 0.2) is 0 Å². The van der Waals surface area contributed by atoms with E-state index in [1.165, 1.54) is 7.05 Å². The van der Waals surface area contributed by atoms with Crippen molar-refractivity contribution in [3.05, 3.63) is 45.0 Å². The van der Waals surface area contributed by atoms with Crippen molar-refractivity contribution in [1.82, 2.24) is 10.2 Å². The van der Waals surface area contributed by atoms with E-state index in [0.717, 1.165) is 0 Å². The Morgan fingerprint density at radius 2 is 1.29 bits per heavy atom. The quantitative estimate of drug-likeness (QED) is 0.540. The Kier molecular flexibility index (Phi) is 3.19. The molecule has 0 saturated carbocycles. The summed E-state index contributed by atoms with van der Waals surface area (Å²) in [6.45, 7) is 0. The van der Waals surface area contributed by atoms with E-state index >= 15 is 0 Å². The maximum atomic E-state index is 11.1. The molecule has 2 aromatic rings. The van der Waals surface area contributed by atoms with Crippen LogP contribution in [0.4, 0.5) is 0 Å². The van der Waals surface area contributed by atoms with Gasteiger partial charge in [0.2, 0.25) is 0 Å². The van der Waals surface area contributed by atoms with Crippen LogP contribution in [-0.2, 0) is 0 Å². The van der Waals surface area contributed by atoms with Gasteiger partial charge in [-0.25, -0.2) is 0 Å². The summed E-state index contributed by atoms with van der Waals surface area (Å²) in [5.74, 6) is 0. The molecule has 5 nitrogen and oxygen atoms in total. The van der Waals surface area contributed by atoms with Gasteiger partial charge in [-0.1, -0.05) is 12.1 Å². The number of benzene rings is 1. The monoisotopic (exact) mass is 193 g/mol. The van der Waals surface area contributed by atoms with Crippen molar-refractivity contribution >= 4 is 10.8 Å². The molecular formula is C9H11N3O2. The average Bonchev–Trinajstić information content (AvgIpc) is 2.27. The Labute approximate surface area is 79.6 Å². The van der Waals surface area contributed by atoms with Crippen molar-refractivity contribution in [2.45, 2.75) is 0 Å². The van der Waals surface area contributed by atoms with E-state index in [4.69, 9.17) is 0 Å². The van der Waals surface area contributed by atoms with Gasteiger partial charge in [-0.15, -0.1) is 0 Å². The van der Waals surface area contributed by atoms with Crippen LogP contribution < -0.4 is 16.9 Å².